The summed E-state index contributed by atoms with van der Waals surface area (Å²) in [4.78, 5) is 17.7. The standard InChI is InChI=1S/C17H21N3O3/c1-18-17(22)16-3-2-14(23-16)10-20-9-13(15(21)11-20)8-12-4-6-19-7-5-12/h2-7,13,15,21H,8-11H2,1H3,(H,18,22)/t13-,15-/m1/s1. The Kier molecular flexibility index (Phi) is 4.73. The van der Waals surface area contributed by atoms with Crippen LogP contribution in [0.3, 0.4) is 0 Å². The minimum Gasteiger partial charge on any atom is -0.455 e. The molecule has 1 amide bonds. The van der Waals surface area contributed by atoms with Gasteiger partial charge >= 0.3 is 0 Å². The van der Waals surface area contributed by atoms with Gasteiger partial charge in [-0.3, -0.25) is 14.7 Å². The summed E-state index contributed by atoms with van der Waals surface area (Å²) in [5.41, 5.74) is 1.19. The first kappa shape index (κ1) is 15.7. The Morgan fingerprint density at radius 1 is 1.35 bits per heavy atom. The van der Waals surface area contributed by atoms with E-state index in [1.165, 1.54) is 5.56 Å². The third-order valence-electron chi connectivity index (χ3n) is 4.22. The Balaban J connectivity index is 1.58. The maximum Gasteiger partial charge on any atom is 0.286 e. The smallest absolute Gasteiger partial charge is 0.286 e. The van der Waals surface area contributed by atoms with Crippen LogP contribution in [0.25, 0.3) is 0 Å². The number of aromatic nitrogens is 1. The number of furan rings is 1. The van der Waals surface area contributed by atoms with Crippen LogP contribution in [0.5, 0.6) is 0 Å². The molecule has 0 saturated carbocycles. The largest absolute Gasteiger partial charge is 0.455 e. The zero-order valence-corrected chi connectivity index (χ0v) is 13.1. The summed E-state index contributed by atoms with van der Waals surface area (Å²) in [7, 11) is 1.57. The van der Waals surface area contributed by atoms with Crippen LogP contribution in [0.2, 0.25) is 0 Å². The van der Waals surface area contributed by atoms with E-state index >= 15 is 0 Å². The lowest BCUT2D eigenvalue weighted by atomic mass is 9.97. The third-order valence-corrected chi connectivity index (χ3v) is 4.22. The minimum absolute atomic E-state index is 0.200. The highest BCUT2D eigenvalue weighted by Crippen LogP contribution is 2.23. The summed E-state index contributed by atoms with van der Waals surface area (Å²) in [5.74, 6) is 1.02. The van der Waals surface area contributed by atoms with Crippen LogP contribution in [0.15, 0.2) is 41.1 Å². The van der Waals surface area contributed by atoms with E-state index in [0.29, 0.717) is 18.8 Å². The first-order valence-electron chi connectivity index (χ1n) is 7.76. The molecule has 3 rings (SSSR count). The molecule has 6 heteroatoms. The fourth-order valence-corrected chi connectivity index (χ4v) is 3.02. The zero-order valence-electron chi connectivity index (χ0n) is 13.1. The van der Waals surface area contributed by atoms with Crippen molar-refractivity contribution < 1.29 is 14.3 Å². The molecule has 122 valence electrons. The molecule has 2 aromatic rings. The van der Waals surface area contributed by atoms with Crippen molar-refractivity contribution in [2.75, 3.05) is 20.1 Å². The second-order valence-electron chi connectivity index (χ2n) is 5.93. The first-order valence-corrected chi connectivity index (χ1v) is 7.76. The van der Waals surface area contributed by atoms with Gasteiger partial charge in [0, 0.05) is 38.4 Å². The summed E-state index contributed by atoms with van der Waals surface area (Å²) in [6, 6.07) is 7.46. The van der Waals surface area contributed by atoms with E-state index < -0.39 is 0 Å². The van der Waals surface area contributed by atoms with Gasteiger partial charge in [0.1, 0.15) is 5.76 Å². The highest BCUT2D eigenvalue weighted by molar-refractivity contribution is 5.91. The Bertz CT molecular complexity index is 656. The van der Waals surface area contributed by atoms with Crippen LogP contribution in [0.4, 0.5) is 0 Å². The third kappa shape index (κ3) is 3.78. The van der Waals surface area contributed by atoms with Gasteiger partial charge in [0.05, 0.1) is 12.6 Å². The van der Waals surface area contributed by atoms with E-state index in [4.69, 9.17) is 4.42 Å². The SMILES string of the molecule is CNC(=O)c1ccc(CN2C[C@@H](Cc3ccncc3)[C@H](O)C2)o1. The molecule has 0 spiro atoms. The molecule has 0 aromatic carbocycles. The maximum absolute atomic E-state index is 11.5. The quantitative estimate of drug-likeness (QED) is 0.863. The fraction of sp³-hybridized carbons (Fsp3) is 0.412. The van der Waals surface area contributed by atoms with Crippen molar-refractivity contribution in [2.24, 2.45) is 5.92 Å². The summed E-state index contributed by atoms with van der Waals surface area (Å²) in [6.45, 7) is 2.02. The number of hydrogen-bond acceptors (Lipinski definition) is 5. The number of aliphatic hydroxyl groups is 1. The fourth-order valence-electron chi connectivity index (χ4n) is 3.02. The normalized spacial score (nSPS) is 21.5. The van der Waals surface area contributed by atoms with E-state index in [-0.39, 0.29) is 17.9 Å². The van der Waals surface area contributed by atoms with Crippen molar-refractivity contribution in [1.82, 2.24) is 15.2 Å². The molecule has 1 aliphatic heterocycles. The number of nitrogens with zero attached hydrogens (tertiary/aromatic N) is 2. The molecule has 0 bridgehead atoms. The van der Waals surface area contributed by atoms with Crippen molar-refractivity contribution >= 4 is 5.91 Å². The van der Waals surface area contributed by atoms with Gasteiger partial charge in [0.25, 0.3) is 5.91 Å². The number of aliphatic hydroxyl groups excluding tert-OH is 1. The molecule has 23 heavy (non-hydrogen) atoms. The van der Waals surface area contributed by atoms with Crippen molar-refractivity contribution in [3.63, 3.8) is 0 Å². The van der Waals surface area contributed by atoms with Gasteiger partial charge in [-0.25, -0.2) is 0 Å². The number of pyridine rings is 1. The average molecular weight is 315 g/mol. The lowest BCUT2D eigenvalue weighted by molar-refractivity contribution is 0.0931. The van der Waals surface area contributed by atoms with E-state index in [1.54, 1.807) is 25.5 Å². The number of carbonyl (C=O) groups excluding carboxylic acids is 1. The van der Waals surface area contributed by atoms with Crippen LogP contribution in [0, 0.1) is 5.92 Å². The number of amides is 1. The van der Waals surface area contributed by atoms with Crippen LogP contribution in [0.1, 0.15) is 21.9 Å². The van der Waals surface area contributed by atoms with Crippen molar-refractivity contribution in [2.45, 2.75) is 19.1 Å². The van der Waals surface area contributed by atoms with Gasteiger partial charge in [-0.1, -0.05) is 0 Å². The van der Waals surface area contributed by atoms with Crippen molar-refractivity contribution in [3.8, 4) is 0 Å². The molecule has 1 fully saturated rings. The van der Waals surface area contributed by atoms with E-state index in [0.717, 1.165) is 18.7 Å². The molecular weight excluding hydrogens is 294 g/mol. The van der Waals surface area contributed by atoms with E-state index in [1.807, 2.05) is 18.2 Å². The van der Waals surface area contributed by atoms with E-state index in [9.17, 15) is 9.90 Å². The summed E-state index contributed by atoms with van der Waals surface area (Å²) in [5, 5.41) is 12.8. The van der Waals surface area contributed by atoms with Crippen LogP contribution in [-0.2, 0) is 13.0 Å². The van der Waals surface area contributed by atoms with Gasteiger partial charge in [0.15, 0.2) is 5.76 Å². The first-order chi connectivity index (χ1) is 11.2. The molecule has 6 nitrogen and oxygen atoms in total. The Labute approximate surface area is 135 Å². The average Bonchev–Trinajstić information content (AvgIpc) is 3.15. The lowest BCUT2D eigenvalue weighted by Gasteiger charge is -2.14. The van der Waals surface area contributed by atoms with Gasteiger partial charge in [-0.2, -0.15) is 0 Å². The van der Waals surface area contributed by atoms with E-state index in [2.05, 4.69) is 15.2 Å². The highest BCUT2D eigenvalue weighted by atomic mass is 16.4. The Morgan fingerprint density at radius 3 is 2.87 bits per heavy atom. The molecule has 1 saturated heterocycles. The van der Waals surface area contributed by atoms with Gasteiger partial charge in [0.2, 0.25) is 0 Å². The second-order valence-corrected chi connectivity index (χ2v) is 5.93. The predicted octanol–water partition coefficient (Wildman–Crippen LogP) is 1.07. The molecule has 0 radical (unpaired) electrons. The van der Waals surface area contributed by atoms with Crippen molar-refractivity contribution in [1.29, 1.82) is 0 Å². The number of β-amino-alcohol motifs (C(OH)–C–C–N with tert-alkyl or cyclic N) is 1. The molecule has 0 unspecified atom stereocenters. The summed E-state index contributed by atoms with van der Waals surface area (Å²) < 4.78 is 5.54. The summed E-state index contributed by atoms with van der Waals surface area (Å²) >= 11 is 0. The van der Waals surface area contributed by atoms with Gasteiger partial charge < -0.3 is 14.8 Å². The van der Waals surface area contributed by atoms with Crippen LogP contribution < -0.4 is 5.32 Å². The molecule has 2 N–H and O–H groups in total. The van der Waals surface area contributed by atoms with Crippen LogP contribution >= 0.6 is 0 Å². The Hall–Kier alpha value is -2.18. The topological polar surface area (TPSA) is 78.6 Å². The predicted molar refractivity (Wildman–Crippen MR) is 84.8 cm³/mol. The molecule has 2 aromatic heterocycles. The Morgan fingerprint density at radius 2 is 2.13 bits per heavy atom. The molecule has 3 heterocycles. The maximum atomic E-state index is 11.5. The summed E-state index contributed by atoms with van der Waals surface area (Å²) in [6.07, 6.45) is 4.04. The minimum atomic E-state index is -0.350. The van der Waals surface area contributed by atoms with Crippen molar-refractivity contribution in [3.05, 3.63) is 53.7 Å². The zero-order chi connectivity index (χ0) is 16.2. The number of carbonyl (C=O) groups is 1. The monoisotopic (exact) mass is 315 g/mol. The van der Waals surface area contributed by atoms with Gasteiger partial charge in [-0.15, -0.1) is 0 Å². The number of hydrogen-bond donors (Lipinski definition) is 2. The number of nitrogens with one attached hydrogen (secondary N) is 1. The second kappa shape index (κ2) is 6.93. The van der Waals surface area contributed by atoms with Crippen LogP contribution in [-0.4, -0.2) is 47.1 Å². The highest BCUT2D eigenvalue weighted by Gasteiger charge is 2.31. The lowest BCUT2D eigenvalue weighted by Crippen LogP contribution is -2.21. The number of likely N-dealkylation sites (tertiary alicyclic amines) is 1. The van der Waals surface area contributed by atoms with Gasteiger partial charge in [-0.05, 0) is 36.2 Å². The molecule has 2 atom stereocenters. The molecule has 1 aliphatic rings. The molecule has 0 aliphatic carbocycles. The number of rotatable bonds is 5. The molecular formula is C17H21N3O3.